The van der Waals surface area contributed by atoms with Crippen LogP contribution in [0, 0.1) is 0 Å². The summed E-state index contributed by atoms with van der Waals surface area (Å²) in [6.45, 7) is 2.94. The maximum Gasteiger partial charge on any atom is 0.0633 e. The topological polar surface area (TPSA) is 29.9 Å². The van der Waals surface area contributed by atoms with Crippen LogP contribution in [0.2, 0.25) is 5.02 Å². The third-order valence-electron chi connectivity index (χ3n) is 2.75. The fourth-order valence-electron chi connectivity index (χ4n) is 1.97. The Hall–Kier alpha value is -0.840. The third kappa shape index (κ3) is 2.76. The first-order valence-corrected chi connectivity index (χ1v) is 6.96. The lowest BCUT2D eigenvalue weighted by Gasteiger charge is -2.19. The van der Waals surface area contributed by atoms with E-state index in [1.54, 1.807) is 4.68 Å². The predicted molar refractivity (Wildman–Crippen MR) is 77.9 cm³/mol. The first kappa shape index (κ1) is 13.6. The zero-order valence-corrected chi connectivity index (χ0v) is 12.7. The standard InChI is InChI=1S/C13H15BrClN3/c1-3-16-13(9-7-17-18(2)8-9)12-10(14)5-4-6-11(12)15/h4-8,13,16H,3H2,1-2H3. The summed E-state index contributed by atoms with van der Waals surface area (Å²) >= 11 is 9.89. The van der Waals surface area contributed by atoms with Crippen LogP contribution >= 0.6 is 27.5 Å². The maximum absolute atomic E-state index is 6.32. The van der Waals surface area contributed by atoms with E-state index >= 15 is 0 Å². The number of hydrogen-bond acceptors (Lipinski definition) is 2. The molecule has 1 atom stereocenters. The molecule has 0 saturated heterocycles. The molecule has 3 nitrogen and oxygen atoms in total. The smallest absolute Gasteiger partial charge is 0.0633 e. The van der Waals surface area contributed by atoms with E-state index in [1.807, 2.05) is 37.6 Å². The molecule has 0 aliphatic heterocycles. The molecule has 0 aliphatic carbocycles. The summed E-state index contributed by atoms with van der Waals surface area (Å²) < 4.78 is 2.80. The summed E-state index contributed by atoms with van der Waals surface area (Å²) in [5.74, 6) is 0. The SMILES string of the molecule is CCNC(c1cnn(C)c1)c1c(Cl)cccc1Br. The normalized spacial score (nSPS) is 12.7. The van der Waals surface area contributed by atoms with Gasteiger partial charge >= 0.3 is 0 Å². The molecule has 0 aliphatic rings. The molecule has 18 heavy (non-hydrogen) atoms. The highest BCUT2D eigenvalue weighted by Crippen LogP contribution is 2.34. The number of nitrogens with one attached hydrogen (secondary N) is 1. The van der Waals surface area contributed by atoms with Crippen LogP contribution in [-0.4, -0.2) is 16.3 Å². The van der Waals surface area contributed by atoms with Crippen molar-refractivity contribution in [2.75, 3.05) is 6.54 Å². The Kier molecular flexibility index (Phi) is 4.43. The summed E-state index contributed by atoms with van der Waals surface area (Å²) in [4.78, 5) is 0. The summed E-state index contributed by atoms with van der Waals surface area (Å²) in [5, 5.41) is 8.41. The highest BCUT2D eigenvalue weighted by molar-refractivity contribution is 9.10. The zero-order chi connectivity index (χ0) is 13.1. The Labute approximate surface area is 120 Å². The number of halogens is 2. The minimum absolute atomic E-state index is 0.0479. The Morgan fingerprint density at radius 3 is 2.83 bits per heavy atom. The van der Waals surface area contributed by atoms with Crippen molar-refractivity contribution in [3.05, 3.63) is 51.2 Å². The summed E-state index contributed by atoms with van der Waals surface area (Å²) in [5.41, 5.74) is 2.15. The molecule has 0 fully saturated rings. The number of rotatable bonds is 4. The largest absolute Gasteiger partial charge is 0.306 e. The quantitative estimate of drug-likeness (QED) is 0.930. The second-order valence-corrected chi connectivity index (χ2v) is 5.33. The van der Waals surface area contributed by atoms with E-state index in [2.05, 4.69) is 33.3 Å². The van der Waals surface area contributed by atoms with Crippen LogP contribution in [0.5, 0.6) is 0 Å². The highest BCUT2D eigenvalue weighted by Gasteiger charge is 2.19. The van der Waals surface area contributed by atoms with E-state index in [1.165, 1.54) is 0 Å². The molecular formula is C13H15BrClN3. The molecule has 1 N–H and O–H groups in total. The molecule has 1 aromatic heterocycles. The Bertz CT molecular complexity index is 519. The van der Waals surface area contributed by atoms with Gasteiger partial charge in [0.1, 0.15) is 0 Å². The van der Waals surface area contributed by atoms with Crippen LogP contribution < -0.4 is 5.32 Å². The molecule has 96 valence electrons. The molecule has 1 heterocycles. The molecular weight excluding hydrogens is 314 g/mol. The van der Waals surface area contributed by atoms with Crippen LogP contribution in [0.3, 0.4) is 0 Å². The number of aryl methyl sites for hydroxylation is 1. The minimum Gasteiger partial charge on any atom is -0.306 e. The van der Waals surface area contributed by atoms with Gasteiger partial charge in [-0.25, -0.2) is 0 Å². The van der Waals surface area contributed by atoms with E-state index < -0.39 is 0 Å². The van der Waals surface area contributed by atoms with Crippen LogP contribution in [0.15, 0.2) is 35.1 Å². The van der Waals surface area contributed by atoms with Crippen molar-refractivity contribution in [1.29, 1.82) is 0 Å². The van der Waals surface area contributed by atoms with Crippen molar-refractivity contribution in [3.63, 3.8) is 0 Å². The second kappa shape index (κ2) is 5.87. The van der Waals surface area contributed by atoms with Gasteiger partial charge in [-0.15, -0.1) is 0 Å². The molecule has 2 aromatic rings. The number of nitrogens with zero attached hydrogens (tertiary/aromatic N) is 2. The summed E-state index contributed by atoms with van der Waals surface area (Å²) in [6.07, 6.45) is 3.87. The van der Waals surface area contributed by atoms with Crippen LogP contribution in [0.1, 0.15) is 24.1 Å². The van der Waals surface area contributed by atoms with Crippen molar-refractivity contribution in [3.8, 4) is 0 Å². The molecule has 0 bridgehead atoms. The van der Waals surface area contributed by atoms with Crippen molar-refractivity contribution in [2.45, 2.75) is 13.0 Å². The van der Waals surface area contributed by atoms with Crippen LogP contribution in [-0.2, 0) is 7.05 Å². The van der Waals surface area contributed by atoms with Crippen molar-refractivity contribution in [2.24, 2.45) is 7.05 Å². The monoisotopic (exact) mass is 327 g/mol. The molecule has 1 aromatic carbocycles. The van der Waals surface area contributed by atoms with Gasteiger partial charge in [0, 0.05) is 33.9 Å². The van der Waals surface area contributed by atoms with E-state index in [9.17, 15) is 0 Å². The minimum atomic E-state index is 0.0479. The van der Waals surface area contributed by atoms with Gasteiger partial charge in [0.05, 0.1) is 12.2 Å². The van der Waals surface area contributed by atoms with Gasteiger partial charge in [0.25, 0.3) is 0 Å². The first-order chi connectivity index (χ1) is 8.63. The first-order valence-electron chi connectivity index (χ1n) is 5.79. The van der Waals surface area contributed by atoms with Crippen molar-refractivity contribution >= 4 is 27.5 Å². The van der Waals surface area contributed by atoms with E-state index in [0.717, 1.165) is 27.2 Å². The fraction of sp³-hybridized carbons (Fsp3) is 0.308. The predicted octanol–water partition coefficient (Wildman–Crippen LogP) is 3.53. The lowest BCUT2D eigenvalue weighted by molar-refractivity contribution is 0.628. The lowest BCUT2D eigenvalue weighted by atomic mass is 10.0. The van der Waals surface area contributed by atoms with Gasteiger partial charge in [0.2, 0.25) is 0 Å². The molecule has 5 heteroatoms. The molecule has 1 unspecified atom stereocenters. The number of benzene rings is 1. The molecule has 0 spiro atoms. The van der Waals surface area contributed by atoms with Gasteiger partial charge in [-0.3, -0.25) is 4.68 Å². The van der Waals surface area contributed by atoms with Gasteiger partial charge in [0.15, 0.2) is 0 Å². The Morgan fingerprint density at radius 1 is 1.50 bits per heavy atom. The Morgan fingerprint density at radius 2 is 2.28 bits per heavy atom. The van der Waals surface area contributed by atoms with E-state index in [0.29, 0.717) is 0 Å². The fourth-order valence-corrected chi connectivity index (χ4v) is 2.96. The van der Waals surface area contributed by atoms with Crippen LogP contribution in [0.4, 0.5) is 0 Å². The van der Waals surface area contributed by atoms with Crippen molar-refractivity contribution < 1.29 is 0 Å². The van der Waals surface area contributed by atoms with Gasteiger partial charge in [-0.2, -0.15) is 5.10 Å². The summed E-state index contributed by atoms with van der Waals surface area (Å²) in [6, 6.07) is 5.89. The molecule has 2 rings (SSSR count). The molecule has 0 saturated carbocycles. The van der Waals surface area contributed by atoms with Crippen molar-refractivity contribution in [1.82, 2.24) is 15.1 Å². The third-order valence-corrected chi connectivity index (χ3v) is 3.78. The molecule has 0 radical (unpaired) electrons. The maximum atomic E-state index is 6.32. The zero-order valence-electron chi connectivity index (χ0n) is 10.3. The van der Waals surface area contributed by atoms with Gasteiger partial charge in [-0.1, -0.05) is 40.5 Å². The summed E-state index contributed by atoms with van der Waals surface area (Å²) in [7, 11) is 1.91. The van der Waals surface area contributed by atoms with Gasteiger partial charge in [-0.05, 0) is 18.7 Å². The average Bonchev–Trinajstić information content (AvgIpc) is 2.74. The Balaban J connectivity index is 2.47. The van der Waals surface area contributed by atoms with E-state index in [4.69, 9.17) is 11.6 Å². The second-order valence-electron chi connectivity index (χ2n) is 4.07. The average molecular weight is 329 g/mol. The number of aromatic nitrogens is 2. The van der Waals surface area contributed by atoms with Gasteiger partial charge < -0.3 is 5.32 Å². The van der Waals surface area contributed by atoms with E-state index in [-0.39, 0.29) is 6.04 Å². The highest BCUT2D eigenvalue weighted by atomic mass is 79.9. The van der Waals surface area contributed by atoms with Crippen LogP contribution in [0.25, 0.3) is 0 Å². The number of hydrogen-bond donors (Lipinski definition) is 1. The molecule has 0 amide bonds. The lowest BCUT2D eigenvalue weighted by Crippen LogP contribution is -2.22.